The Bertz CT molecular complexity index is 2340. The SMILES string of the molecule is C=CC(C)N1CCN(c2ccc(CCC(=O)NCCC3CCN(C(=O)c4cccc(-c5nc(NC(=O)C6(c7ccc8c(c7)OC(F)(F)O8)CC6)ccc5C)c4)CC3)o2)C(=O)C1. The van der Waals surface area contributed by atoms with Gasteiger partial charge in [0.2, 0.25) is 23.6 Å². The van der Waals surface area contributed by atoms with Crippen LogP contribution in [0.3, 0.4) is 0 Å². The van der Waals surface area contributed by atoms with E-state index in [4.69, 9.17) is 9.40 Å². The second-order valence-electron chi connectivity index (χ2n) is 16.4. The van der Waals surface area contributed by atoms with Gasteiger partial charge in [-0.15, -0.1) is 15.4 Å². The summed E-state index contributed by atoms with van der Waals surface area (Å²) in [5, 5.41) is 5.95. The summed E-state index contributed by atoms with van der Waals surface area (Å²) >= 11 is 0. The number of fused-ring (bicyclic) bond motifs is 1. The number of pyridine rings is 1. The van der Waals surface area contributed by atoms with Crippen LogP contribution < -0.4 is 25.0 Å². The molecule has 2 aromatic carbocycles. The number of carbonyl (C=O) groups excluding carboxylic acids is 4. The Balaban J connectivity index is 0.786. The van der Waals surface area contributed by atoms with Gasteiger partial charge in [0.15, 0.2) is 11.5 Å². The fourth-order valence-electron chi connectivity index (χ4n) is 8.36. The van der Waals surface area contributed by atoms with Crippen molar-refractivity contribution in [3.8, 4) is 22.8 Å². The maximum absolute atomic E-state index is 13.7. The first-order valence-corrected chi connectivity index (χ1v) is 20.9. The van der Waals surface area contributed by atoms with E-state index >= 15 is 0 Å². The third-order valence-corrected chi connectivity index (χ3v) is 12.3. The molecule has 0 bridgehead atoms. The van der Waals surface area contributed by atoms with Crippen molar-refractivity contribution in [1.82, 2.24) is 20.1 Å². The summed E-state index contributed by atoms with van der Waals surface area (Å²) in [5.74, 6) is 1.26. The average Bonchev–Trinajstić information content (AvgIpc) is 3.83. The zero-order valence-corrected chi connectivity index (χ0v) is 34.4. The highest BCUT2D eigenvalue weighted by atomic mass is 19.3. The molecule has 1 unspecified atom stereocenters. The van der Waals surface area contributed by atoms with Gasteiger partial charge in [-0.1, -0.05) is 30.3 Å². The number of ether oxygens (including phenoxy) is 2. The van der Waals surface area contributed by atoms with Crippen molar-refractivity contribution in [2.45, 2.75) is 76.5 Å². The molecule has 0 spiro atoms. The van der Waals surface area contributed by atoms with Crippen LogP contribution in [0.2, 0.25) is 0 Å². The van der Waals surface area contributed by atoms with Crippen LogP contribution in [0.1, 0.15) is 72.7 Å². The van der Waals surface area contributed by atoms with E-state index in [-0.39, 0.29) is 47.6 Å². The summed E-state index contributed by atoms with van der Waals surface area (Å²) in [6, 6.07) is 19.1. The lowest BCUT2D eigenvalue weighted by molar-refractivity contribution is -0.286. The van der Waals surface area contributed by atoms with Crippen molar-refractivity contribution in [3.63, 3.8) is 0 Å². The van der Waals surface area contributed by atoms with Gasteiger partial charge in [0, 0.05) is 68.8 Å². The van der Waals surface area contributed by atoms with E-state index in [1.807, 2.05) is 55.2 Å². The molecule has 2 N–H and O–H groups in total. The number of aryl methyl sites for hydroxylation is 2. The van der Waals surface area contributed by atoms with Gasteiger partial charge in [-0.3, -0.25) is 29.0 Å². The zero-order valence-electron chi connectivity index (χ0n) is 34.4. The topological polar surface area (TPSA) is 147 Å². The van der Waals surface area contributed by atoms with Crippen LogP contribution >= 0.6 is 0 Å². The first-order chi connectivity index (χ1) is 29.3. The third kappa shape index (κ3) is 9.16. The number of carbonyl (C=O) groups is 4. The summed E-state index contributed by atoms with van der Waals surface area (Å²) in [7, 11) is 0. The second-order valence-corrected chi connectivity index (χ2v) is 16.4. The molecule has 320 valence electrons. The molecule has 1 saturated carbocycles. The van der Waals surface area contributed by atoms with Gasteiger partial charge in [-0.05, 0) is 99.4 Å². The smallest absolute Gasteiger partial charge is 0.445 e. The van der Waals surface area contributed by atoms with E-state index in [0.717, 1.165) is 36.9 Å². The molecular formula is C46H50F2N6O7. The van der Waals surface area contributed by atoms with Crippen molar-refractivity contribution in [2.24, 2.45) is 5.92 Å². The first-order valence-electron chi connectivity index (χ1n) is 20.9. The molecule has 0 radical (unpaired) electrons. The number of nitrogens with one attached hydrogen (secondary N) is 2. The number of hydrogen-bond acceptors (Lipinski definition) is 9. The minimum atomic E-state index is -3.74. The molecular weight excluding hydrogens is 787 g/mol. The van der Waals surface area contributed by atoms with Gasteiger partial charge in [-0.2, -0.15) is 0 Å². The number of nitrogens with zero attached hydrogens (tertiary/aromatic N) is 4. The number of aromatic nitrogens is 1. The van der Waals surface area contributed by atoms with Crippen molar-refractivity contribution >= 4 is 35.3 Å². The summed E-state index contributed by atoms with van der Waals surface area (Å²) in [5.41, 5.74) is 2.43. The number of benzene rings is 2. The monoisotopic (exact) mass is 836 g/mol. The Labute approximate surface area is 353 Å². The van der Waals surface area contributed by atoms with Gasteiger partial charge in [-0.25, -0.2) is 4.98 Å². The molecule has 3 aliphatic heterocycles. The van der Waals surface area contributed by atoms with Crippen molar-refractivity contribution in [1.29, 1.82) is 0 Å². The van der Waals surface area contributed by atoms with Gasteiger partial charge < -0.3 is 29.4 Å². The zero-order chi connectivity index (χ0) is 42.9. The van der Waals surface area contributed by atoms with E-state index in [9.17, 15) is 28.0 Å². The summed E-state index contributed by atoms with van der Waals surface area (Å²) in [6.45, 7) is 11.1. The Morgan fingerprint density at radius 3 is 2.52 bits per heavy atom. The summed E-state index contributed by atoms with van der Waals surface area (Å²) in [4.78, 5) is 63.0. The number of rotatable bonds is 14. The molecule has 13 nitrogen and oxygen atoms in total. The van der Waals surface area contributed by atoms with Gasteiger partial charge in [0.05, 0.1) is 17.7 Å². The van der Waals surface area contributed by atoms with E-state index in [1.165, 1.54) is 12.1 Å². The molecule has 5 heterocycles. The molecule has 3 fully saturated rings. The highest BCUT2D eigenvalue weighted by Crippen LogP contribution is 2.52. The fraction of sp³-hybridized carbons (Fsp3) is 0.413. The Morgan fingerprint density at radius 2 is 1.77 bits per heavy atom. The van der Waals surface area contributed by atoms with E-state index in [2.05, 4.69) is 31.6 Å². The molecule has 8 rings (SSSR count). The maximum atomic E-state index is 13.7. The van der Waals surface area contributed by atoms with E-state index in [1.54, 1.807) is 29.2 Å². The van der Waals surface area contributed by atoms with Gasteiger partial charge >= 0.3 is 6.29 Å². The second kappa shape index (κ2) is 17.1. The maximum Gasteiger partial charge on any atom is 0.586 e. The van der Waals surface area contributed by atoms with Gasteiger partial charge in [0.25, 0.3) is 5.91 Å². The highest BCUT2D eigenvalue weighted by molar-refractivity contribution is 6.01. The minimum absolute atomic E-state index is 0.0231. The molecule has 1 atom stereocenters. The van der Waals surface area contributed by atoms with Crippen LogP contribution in [-0.4, -0.2) is 90.0 Å². The lowest BCUT2D eigenvalue weighted by Crippen LogP contribution is -2.52. The predicted octanol–water partition coefficient (Wildman–Crippen LogP) is 6.86. The molecule has 4 aromatic rings. The molecule has 15 heteroatoms. The molecule has 2 aromatic heterocycles. The summed E-state index contributed by atoms with van der Waals surface area (Å²) < 4.78 is 42.3. The number of halogens is 2. The number of alkyl halides is 2. The standard InChI is InChI=1S/C46H50F2N6O7/c1-4-30(3)53-24-25-54(40(56)28-53)41-15-11-35(59-41)10-14-39(55)49-21-16-31-17-22-52(23-18-31)43(57)33-7-5-6-32(26-33)42-29(2)8-13-38(50-42)51-44(58)45(19-20-45)34-9-12-36-37(27-34)61-46(47,48)60-36/h4-9,11-13,15,26-27,30-31H,1,10,14,16-25,28H2,2-3H3,(H,49,55)(H,50,51,58). The lowest BCUT2D eigenvalue weighted by Gasteiger charge is -2.35. The molecule has 61 heavy (non-hydrogen) atoms. The third-order valence-electron chi connectivity index (χ3n) is 12.3. The minimum Gasteiger partial charge on any atom is -0.445 e. The Kier molecular flexibility index (Phi) is 11.7. The number of likely N-dealkylation sites (tertiary alicyclic amines) is 1. The van der Waals surface area contributed by atoms with E-state index < -0.39 is 11.7 Å². The number of piperazine rings is 1. The number of hydrogen-bond donors (Lipinski definition) is 2. The molecule has 2 saturated heterocycles. The average molecular weight is 837 g/mol. The van der Waals surface area contributed by atoms with E-state index in [0.29, 0.717) is 92.2 Å². The number of piperidine rings is 1. The van der Waals surface area contributed by atoms with Crippen LogP contribution in [0.25, 0.3) is 11.3 Å². The van der Waals surface area contributed by atoms with Crippen LogP contribution in [0.5, 0.6) is 11.5 Å². The van der Waals surface area contributed by atoms with Crippen molar-refractivity contribution in [3.05, 3.63) is 102 Å². The molecule has 4 amide bonds. The summed E-state index contributed by atoms with van der Waals surface area (Å²) in [6.07, 6.45) is 2.37. The van der Waals surface area contributed by atoms with Crippen molar-refractivity contribution in [2.75, 3.05) is 49.5 Å². The van der Waals surface area contributed by atoms with Crippen LogP contribution in [0.4, 0.5) is 20.5 Å². The Morgan fingerprint density at radius 1 is 0.984 bits per heavy atom. The quantitative estimate of drug-likeness (QED) is 0.130. The van der Waals surface area contributed by atoms with Crippen LogP contribution in [-0.2, 0) is 26.2 Å². The normalized spacial score (nSPS) is 18.7. The molecule has 1 aliphatic carbocycles. The largest absolute Gasteiger partial charge is 0.586 e. The lowest BCUT2D eigenvalue weighted by atomic mass is 9.93. The predicted molar refractivity (Wildman–Crippen MR) is 223 cm³/mol. The van der Waals surface area contributed by atoms with Crippen LogP contribution in [0.15, 0.2) is 83.8 Å². The number of furan rings is 1. The highest BCUT2D eigenvalue weighted by Gasteiger charge is 2.53. The Hall–Kier alpha value is -6.09. The van der Waals surface area contributed by atoms with Crippen molar-refractivity contribution < 1.29 is 41.8 Å². The van der Waals surface area contributed by atoms with Gasteiger partial charge in [0.1, 0.15) is 11.6 Å². The molecule has 4 aliphatic rings. The number of anilines is 2. The fourth-order valence-corrected chi connectivity index (χ4v) is 8.36. The number of amides is 4. The van der Waals surface area contributed by atoms with Crippen LogP contribution in [0, 0.1) is 12.8 Å². The first kappa shape index (κ1) is 41.6.